The maximum atomic E-state index is 3.16. The second-order valence-corrected chi connectivity index (χ2v) is 6.63. The van der Waals surface area contributed by atoms with Crippen molar-refractivity contribution < 1.29 is 0 Å². The van der Waals surface area contributed by atoms with Crippen LogP contribution in [0.1, 0.15) is 97.8 Å². The SMILES string of the molecule is CCCCCCCC.CCCCCCCCNC.CN(C)C. The predicted molar refractivity (Wildman–Crippen MR) is 106 cm³/mol. The summed E-state index contributed by atoms with van der Waals surface area (Å²) in [5.74, 6) is 0. The Morgan fingerprint density at radius 2 is 0.818 bits per heavy atom. The van der Waals surface area contributed by atoms with Gasteiger partial charge in [0.1, 0.15) is 0 Å². The maximum absolute atomic E-state index is 3.16. The van der Waals surface area contributed by atoms with Gasteiger partial charge in [0, 0.05) is 0 Å². The molecule has 0 aromatic heterocycles. The van der Waals surface area contributed by atoms with Gasteiger partial charge in [0.15, 0.2) is 0 Å². The molecule has 0 radical (unpaired) electrons. The van der Waals surface area contributed by atoms with Crippen molar-refractivity contribution in [2.45, 2.75) is 97.8 Å². The molecule has 0 heterocycles. The lowest BCUT2D eigenvalue weighted by atomic mass is 10.1. The standard InChI is InChI=1S/C9H21N.C8H18.C3H9N/c1-3-4-5-6-7-8-9-10-2;1-3-5-7-8-6-4-2;1-4(2)3/h10H,3-9H2,1-2H3;3-8H2,1-2H3;1-3H3. The second kappa shape index (κ2) is 29.0. The fourth-order valence-corrected chi connectivity index (χ4v) is 1.94. The van der Waals surface area contributed by atoms with Crippen LogP contribution in [-0.2, 0) is 0 Å². The number of rotatable bonds is 12. The lowest BCUT2D eigenvalue weighted by Crippen LogP contribution is -2.06. The quantitative estimate of drug-likeness (QED) is 0.437. The number of nitrogens with zero attached hydrogens (tertiary/aromatic N) is 1. The van der Waals surface area contributed by atoms with E-state index in [0.717, 1.165) is 0 Å². The van der Waals surface area contributed by atoms with Crippen LogP contribution < -0.4 is 5.32 Å². The van der Waals surface area contributed by atoms with Gasteiger partial charge in [-0.3, -0.25) is 0 Å². The molecule has 2 heteroatoms. The van der Waals surface area contributed by atoms with Crippen molar-refractivity contribution >= 4 is 0 Å². The molecule has 0 spiro atoms. The maximum Gasteiger partial charge on any atom is -0.00519 e. The van der Waals surface area contributed by atoms with E-state index < -0.39 is 0 Å². The van der Waals surface area contributed by atoms with Gasteiger partial charge < -0.3 is 10.2 Å². The molecule has 0 aliphatic heterocycles. The Kier molecular flexibility index (Phi) is 35.3. The average Bonchev–Trinajstić information content (AvgIpc) is 2.48. The summed E-state index contributed by atoms with van der Waals surface area (Å²) >= 11 is 0. The Morgan fingerprint density at radius 1 is 0.545 bits per heavy atom. The van der Waals surface area contributed by atoms with Crippen LogP contribution in [0.5, 0.6) is 0 Å². The largest absolute Gasteiger partial charge is 0.320 e. The van der Waals surface area contributed by atoms with E-state index >= 15 is 0 Å². The average molecular weight is 317 g/mol. The zero-order valence-electron chi connectivity index (χ0n) is 17.1. The molecule has 0 bridgehead atoms. The Balaban J connectivity index is -0.000000269. The minimum atomic E-state index is 1.19. The Bertz CT molecular complexity index is 130. The van der Waals surface area contributed by atoms with E-state index in [4.69, 9.17) is 0 Å². The van der Waals surface area contributed by atoms with Crippen LogP contribution in [-0.4, -0.2) is 39.6 Å². The summed E-state index contributed by atoms with van der Waals surface area (Å²) in [6.07, 6.45) is 16.9. The topological polar surface area (TPSA) is 15.3 Å². The highest BCUT2D eigenvalue weighted by Crippen LogP contribution is 2.04. The molecule has 0 amide bonds. The second-order valence-electron chi connectivity index (χ2n) is 6.63. The molecule has 0 fully saturated rings. The van der Waals surface area contributed by atoms with Crippen LogP contribution in [0.2, 0.25) is 0 Å². The van der Waals surface area contributed by atoms with Gasteiger partial charge in [-0.2, -0.15) is 0 Å². The first-order valence-electron chi connectivity index (χ1n) is 9.82. The van der Waals surface area contributed by atoms with E-state index in [1.807, 2.05) is 33.1 Å². The normalized spacial score (nSPS) is 9.82. The first-order chi connectivity index (χ1) is 10.6. The summed E-state index contributed by atoms with van der Waals surface area (Å²) in [6, 6.07) is 0. The van der Waals surface area contributed by atoms with Crippen molar-refractivity contribution in [3.63, 3.8) is 0 Å². The lowest BCUT2D eigenvalue weighted by Gasteiger charge is -1.98. The van der Waals surface area contributed by atoms with E-state index in [0.29, 0.717) is 0 Å². The fraction of sp³-hybridized carbons (Fsp3) is 1.00. The summed E-state index contributed by atoms with van der Waals surface area (Å²) in [5, 5.41) is 3.16. The molecule has 2 nitrogen and oxygen atoms in total. The summed E-state index contributed by atoms with van der Waals surface area (Å²) in [7, 11) is 8.02. The summed E-state index contributed by atoms with van der Waals surface area (Å²) < 4.78 is 0. The van der Waals surface area contributed by atoms with Gasteiger partial charge in [-0.25, -0.2) is 0 Å². The van der Waals surface area contributed by atoms with E-state index in [2.05, 4.69) is 26.1 Å². The molecule has 22 heavy (non-hydrogen) atoms. The van der Waals surface area contributed by atoms with Crippen LogP contribution in [0, 0.1) is 0 Å². The monoisotopic (exact) mass is 316 g/mol. The van der Waals surface area contributed by atoms with E-state index in [9.17, 15) is 0 Å². The molecule has 0 aliphatic rings. The molecule has 0 aromatic rings. The minimum absolute atomic E-state index is 1.19. The number of hydrogen-bond donors (Lipinski definition) is 1. The zero-order chi connectivity index (χ0) is 17.5. The van der Waals surface area contributed by atoms with Gasteiger partial charge in [-0.05, 0) is 41.2 Å². The van der Waals surface area contributed by atoms with Gasteiger partial charge in [-0.15, -0.1) is 0 Å². The molecule has 0 saturated carbocycles. The highest BCUT2D eigenvalue weighted by Gasteiger charge is 1.87. The van der Waals surface area contributed by atoms with Crippen LogP contribution in [0.25, 0.3) is 0 Å². The number of nitrogens with one attached hydrogen (secondary N) is 1. The van der Waals surface area contributed by atoms with Crippen molar-refractivity contribution in [2.24, 2.45) is 0 Å². The molecule has 0 unspecified atom stereocenters. The Hall–Kier alpha value is -0.0800. The molecular formula is C20H48N2. The lowest BCUT2D eigenvalue weighted by molar-refractivity contribution is 0.505. The van der Waals surface area contributed by atoms with Crippen molar-refractivity contribution in [3.05, 3.63) is 0 Å². The van der Waals surface area contributed by atoms with Gasteiger partial charge in [0.05, 0.1) is 0 Å². The first kappa shape index (κ1) is 26.8. The Morgan fingerprint density at radius 3 is 1.09 bits per heavy atom. The highest BCUT2D eigenvalue weighted by molar-refractivity contribution is 4.45. The van der Waals surface area contributed by atoms with Crippen LogP contribution >= 0.6 is 0 Å². The molecular weight excluding hydrogens is 268 g/mol. The summed E-state index contributed by atoms with van der Waals surface area (Å²) in [6.45, 7) is 7.96. The molecule has 0 saturated heterocycles. The molecule has 0 aromatic carbocycles. The number of unbranched alkanes of at least 4 members (excludes halogenated alkanes) is 10. The third kappa shape index (κ3) is 50.2. The van der Waals surface area contributed by atoms with Crippen molar-refractivity contribution in [1.82, 2.24) is 10.2 Å². The molecule has 0 atom stereocenters. The molecule has 0 aliphatic carbocycles. The predicted octanol–water partition coefficient (Wildman–Crippen LogP) is 6.11. The van der Waals surface area contributed by atoms with E-state index in [1.54, 1.807) is 0 Å². The number of hydrogen-bond acceptors (Lipinski definition) is 2. The molecule has 0 rings (SSSR count). The third-order valence-corrected chi connectivity index (χ3v) is 3.24. The van der Waals surface area contributed by atoms with Gasteiger partial charge >= 0.3 is 0 Å². The van der Waals surface area contributed by atoms with E-state index in [-0.39, 0.29) is 0 Å². The fourth-order valence-electron chi connectivity index (χ4n) is 1.94. The minimum Gasteiger partial charge on any atom is -0.320 e. The molecule has 1 N–H and O–H groups in total. The van der Waals surface area contributed by atoms with Gasteiger partial charge in [0.25, 0.3) is 0 Å². The van der Waals surface area contributed by atoms with Crippen LogP contribution in [0.4, 0.5) is 0 Å². The summed E-state index contributed by atoms with van der Waals surface area (Å²) in [4.78, 5) is 2.00. The first-order valence-corrected chi connectivity index (χ1v) is 9.82. The molecule has 138 valence electrons. The van der Waals surface area contributed by atoms with Gasteiger partial charge in [-0.1, -0.05) is 91.4 Å². The zero-order valence-corrected chi connectivity index (χ0v) is 17.1. The van der Waals surface area contributed by atoms with E-state index in [1.165, 1.54) is 83.6 Å². The smallest absolute Gasteiger partial charge is 0.00519 e. The third-order valence-electron chi connectivity index (χ3n) is 3.24. The van der Waals surface area contributed by atoms with Crippen molar-refractivity contribution in [1.29, 1.82) is 0 Å². The Labute approximate surface area is 143 Å². The highest BCUT2D eigenvalue weighted by atomic mass is 15.0. The van der Waals surface area contributed by atoms with Crippen LogP contribution in [0.15, 0.2) is 0 Å². The van der Waals surface area contributed by atoms with Crippen molar-refractivity contribution in [2.75, 3.05) is 34.7 Å². The summed E-state index contributed by atoms with van der Waals surface area (Å²) in [5.41, 5.74) is 0. The van der Waals surface area contributed by atoms with Crippen molar-refractivity contribution in [3.8, 4) is 0 Å². The van der Waals surface area contributed by atoms with Crippen LogP contribution in [0.3, 0.4) is 0 Å². The van der Waals surface area contributed by atoms with Gasteiger partial charge in [0.2, 0.25) is 0 Å².